The van der Waals surface area contributed by atoms with Gasteiger partial charge in [-0.25, -0.2) is 9.78 Å². The Balaban J connectivity index is 2.59. The molecule has 18 heavy (non-hydrogen) atoms. The van der Waals surface area contributed by atoms with Gasteiger partial charge in [0, 0.05) is 6.20 Å². The fraction of sp³-hybridized carbons (Fsp3) is 0.615. The van der Waals surface area contributed by atoms with Crippen LogP contribution in [0.2, 0.25) is 0 Å². The lowest BCUT2D eigenvalue weighted by molar-refractivity contribution is 0.0524. The zero-order valence-corrected chi connectivity index (χ0v) is 11.2. The first-order valence-electron chi connectivity index (χ1n) is 6.32. The third-order valence-corrected chi connectivity index (χ3v) is 2.43. The Kier molecular flexibility index (Phi) is 6.11. The molecule has 0 saturated carbocycles. The van der Waals surface area contributed by atoms with Crippen LogP contribution in [0.1, 0.15) is 49.2 Å². The number of rotatable bonds is 7. The van der Waals surface area contributed by atoms with Gasteiger partial charge in [-0.05, 0) is 20.3 Å². The number of nitrogens with zero attached hydrogens (tertiary/aromatic N) is 2. The van der Waals surface area contributed by atoms with Crippen molar-refractivity contribution in [1.29, 1.82) is 0 Å². The van der Waals surface area contributed by atoms with Crippen molar-refractivity contribution in [3.63, 3.8) is 0 Å². The maximum Gasteiger partial charge on any atom is 0.341 e. The first-order valence-corrected chi connectivity index (χ1v) is 6.32. The normalized spacial score (nSPS) is 10.2. The van der Waals surface area contributed by atoms with Crippen LogP contribution >= 0.6 is 0 Å². The van der Waals surface area contributed by atoms with Crippen molar-refractivity contribution in [1.82, 2.24) is 9.97 Å². The van der Waals surface area contributed by atoms with Crippen LogP contribution in [0.3, 0.4) is 0 Å². The molecule has 0 saturated heterocycles. The predicted molar refractivity (Wildman–Crippen MR) is 67.7 cm³/mol. The van der Waals surface area contributed by atoms with Gasteiger partial charge in [-0.1, -0.05) is 19.8 Å². The minimum absolute atomic E-state index is 0.316. The van der Waals surface area contributed by atoms with Gasteiger partial charge in [0.15, 0.2) is 0 Å². The van der Waals surface area contributed by atoms with E-state index in [2.05, 4.69) is 16.9 Å². The molecule has 0 radical (unpaired) electrons. The van der Waals surface area contributed by atoms with E-state index in [1.165, 1.54) is 6.20 Å². The Morgan fingerprint density at radius 2 is 2.11 bits per heavy atom. The Bertz CT molecular complexity index is 394. The van der Waals surface area contributed by atoms with Crippen molar-refractivity contribution >= 4 is 5.97 Å². The summed E-state index contributed by atoms with van der Waals surface area (Å²) in [5, 5.41) is 0. The molecular weight excluding hydrogens is 232 g/mol. The van der Waals surface area contributed by atoms with Crippen LogP contribution in [-0.4, -0.2) is 29.2 Å². The van der Waals surface area contributed by atoms with Crippen LogP contribution in [-0.2, 0) is 4.74 Å². The molecule has 5 nitrogen and oxygen atoms in total. The van der Waals surface area contributed by atoms with Crippen molar-refractivity contribution < 1.29 is 14.3 Å². The quantitative estimate of drug-likeness (QED) is 0.551. The summed E-state index contributed by atoms with van der Waals surface area (Å²) in [6, 6.07) is 0.316. The molecule has 0 amide bonds. The van der Waals surface area contributed by atoms with Crippen molar-refractivity contribution in [2.75, 3.05) is 13.2 Å². The van der Waals surface area contributed by atoms with E-state index in [1.807, 2.05) is 0 Å². The zero-order chi connectivity index (χ0) is 13.4. The highest BCUT2D eigenvalue weighted by molar-refractivity contribution is 5.90. The molecule has 1 rings (SSSR count). The first-order chi connectivity index (χ1) is 8.69. The second-order valence-corrected chi connectivity index (χ2v) is 3.93. The summed E-state index contributed by atoms with van der Waals surface area (Å²) in [7, 11) is 0. The van der Waals surface area contributed by atoms with E-state index in [-0.39, 0.29) is 0 Å². The van der Waals surface area contributed by atoms with E-state index < -0.39 is 5.97 Å². The number of esters is 1. The Morgan fingerprint density at radius 1 is 1.33 bits per heavy atom. The van der Waals surface area contributed by atoms with E-state index in [1.54, 1.807) is 13.8 Å². The highest BCUT2D eigenvalue weighted by atomic mass is 16.5. The third-order valence-electron chi connectivity index (χ3n) is 2.43. The summed E-state index contributed by atoms with van der Waals surface area (Å²) in [5.41, 5.74) is 0.965. The molecule has 0 atom stereocenters. The van der Waals surface area contributed by atoms with Crippen LogP contribution in [0.5, 0.6) is 6.01 Å². The van der Waals surface area contributed by atoms with Gasteiger partial charge >= 0.3 is 12.0 Å². The summed E-state index contributed by atoms with van der Waals surface area (Å²) in [5.74, 6) is -0.396. The highest BCUT2D eigenvalue weighted by Crippen LogP contribution is 2.10. The largest absolute Gasteiger partial charge is 0.463 e. The van der Waals surface area contributed by atoms with Gasteiger partial charge in [0.2, 0.25) is 0 Å². The van der Waals surface area contributed by atoms with Gasteiger partial charge in [0.05, 0.1) is 24.5 Å². The molecule has 0 N–H and O–H groups in total. The maximum absolute atomic E-state index is 11.5. The van der Waals surface area contributed by atoms with Gasteiger partial charge < -0.3 is 9.47 Å². The Labute approximate surface area is 108 Å². The second kappa shape index (κ2) is 7.63. The third kappa shape index (κ3) is 4.31. The summed E-state index contributed by atoms with van der Waals surface area (Å²) in [6.45, 7) is 6.58. The molecule has 0 bridgehead atoms. The number of aromatic nitrogens is 2. The number of hydrogen-bond donors (Lipinski definition) is 0. The number of carbonyl (C=O) groups excluding carboxylic acids is 1. The Morgan fingerprint density at radius 3 is 2.72 bits per heavy atom. The van der Waals surface area contributed by atoms with Crippen LogP contribution in [0.15, 0.2) is 6.20 Å². The molecule has 5 heteroatoms. The van der Waals surface area contributed by atoms with E-state index in [0.29, 0.717) is 30.5 Å². The zero-order valence-electron chi connectivity index (χ0n) is 11.2. The molecular formula is C13H20N2O3. The first kappa shape index (κ1) is 14.4. The summed E-state index contributed by atoms with van der Waals surface area (Å²) >= 11 is 0. The number of ether oxygens (including phenoxy) is 2. The van der Waals surface area contributed by atoms with Gasteiger partial charge in [-0.15, -0.1) is 0 Å². The average Bonchev–Trinajstić information content (AvgIpc) is 2.35. The fourth-order valence-electron chi connectivity index (χ4n) is 1.44. The lowest BCUT2D eigenvalue weighted by atomic mass is 10.2. The average molecular weight is 252 g/mol. The van der Waals surface area contributed by atoms with Crippen LogP contribution in [0.25, 0.3) is 0 Å². The molecule has 0 unspecified atom stereocenters. The van der Waals surface area contributed by atoms with Gasteiger partial charge in [-0.3, -0.25) is 0 Å². The van der Waals surface area contributed by atoms with Gasteiger partial charge in [0.25, 0.3) is 0 Å². The summed E-state index contributed by atoms with van der Waals surface area (Å²) in [4.78, 5) is 19.7. The fourth-order valence-corrected chi connectivity index (χ4v) is 1.44. The van der Waals surface area contributed by atoms with E-state index in [4.69, 9.17) is 9.47 Å². The number of unbranched alkanes of at least 4 members (excludes halogenated alkanes) is 2. The number of aryl methyl sites for hydroxylation is 1. The van der Waals surface area contributed by atoms with Crippen LogP contribution in [0.4, 0.5) is 0 Å². The van der Waals surface area contributed by atoms with Crippen molar-refractivity contribution in [3.05, 3.63) is 17.5 Å². The minimum atomic E-state index is -0.396. The summed E-state index contributed by atoms with van der Waals surface area (Å²) in [6.07, 6.45) is 4.71. The highest BCUT2D eigenvalue weighted by Gasteiger charge is 2.12. The molecule has 1 aromatic rings. The number of hydrogen-bond acceptors (Lipinski definition) is 5. The smallest absolute Gasteiger partial charge is 0.341 e. The molecule has 1 aromatic heterocycles. The van der Waals surface area contributed by atoms with Gasteiger partial charge in [-0.2, -0.15) is 4.98 Å². The van der Waals surface area contributed by atoms with Gasteiger partial charge in [0.1, 0.15) is 0 Å². The lowest BCUT2D eigenvalue weighted by Crippen LogP contribution is -2.10. The van der Waals surface area contributed by atoms with Crippen molar-refractivity contribution in [2.45, 2.75) is 40.0 Å². The predicted octanol–water partition coefficient (Wildman–Crippen LogP) is 2.53. The number of carbonyl (C=O) groups is 1. The van der Waals surface area contributed by atoms with Crippen LogP contribution < -0.4 is 4.74 Å². The van der Waals surface area contributed by atoms with E-state index in [9.17, 15) is 4.79 Å². The molecule has 0 fully saturated rings. The monoisotopic (exact) mass is 252 g/mol. The van der Waals surface area contributed by atoms with E-state index >= 15 is 0 Å². The summed E-state index contributed by atoms with van der Waals surface area (Å²) < 4.78 is 10.3. The molecule has 0 spiro atoms. The second-order valence-electron chi connectivity index (χ2n) is 3.93. The molecule has 0 aliphatic rings. The molecule has 100 valence electrons. The van der Waals surface area contributed by atoms with Crippen molar-refractivity contribution in [2.24, 2.45) is 0 Å². The van der Waals surface area contributed by atoms with Crippen molar-refractivity contribution in [3.8, 4) is 6.01 Å². The minimum Gasteiger partial charge on any atom is -0.463 e. The molecule has 1 heterocycles. The standard InChI is InChI=1S/C13H20N2O3/c1-4-6-7-8-18-13-14-9-11(10(3)15-13)12(16)17-5-2/h9H,4-8H2,1-3H3. The van der Waals surface area contributed by atoms with E-state index in [0.717, 1.165) is 19.3 Å². The Hall–Kier alpha value is -1.65. The maximum atomic E-state index is 11.5. The molecule has 0 aliphatic carbocycles. The lowest BCUT2D eigenvalue weighted by Gasteiger charge is -2.07. The van der Waals surface area contributed by atoms with Crippen LogP contribution in [0, 0.1) is 6.92 Å². The molecule has 0 aromatic carbocycles. The molecule has 0 aliphatic heterocycles. The SMILES string of the molecule is CCCCCOc1ncc(C(=O)OCC)c(C)n1. The topological polar surface area (TPSA) is 61.3 Å².